The molecule has 0 heterocycles. The van der Waals surface area contributed by atoms with Crippen molar-refractivity contribution in [3.8, 4) is 0 Å². The normalized spacial score (nSPS) is 23.1. The number of benzene rings is 1. The second kappa shape index (κ2) is 6.39. The Morgan fingerprint density at radius 1 is 1.42 bits per heavy atom. The van der Waals surface area contributed by atoms with E-state index in [4.69, 9.17) is 5.11 Å². The van der Waals surface area contributed by atoms with Crippen molar-refractivity contribution in [2.75, 3.05) is 11.9 Å². The Labute approximate surface area is 121 Å². The lowest BCUT2D eigenvalue weighted by atomic mass is 9.87. The fourth-order valence-corrected chi connectivity index (χ4v) is 2.91. The molecule has 2 rings (SSSR count). The fourth-order valence-electron chi connectivity index (χ4n) is 2.55. The number of anilines is 1. The minimum Gasteiger partial charge on any atom is -0.478 e. The van der Waals surface area contributed by atoms with Crippen LogP contribution in [0, 0.1) is 5.92 Å². The maximum atomic E-state index is 11.2. The molecular formula is C14H18BrNO3. The Morgan fingerprint density at radius 3 is 2.89 bits per heavy atom. The topological polar surface area (TPSA) is 69.6 Å². The Morgan fingerprint density at radius 2 is 2.21 bits per heavy atom. The molecule has 0 spiro atoms. The van der Waals surface area contributed by atoms with Crippen molar-refractivity contribution in [2.24, 2.45) is 5.92 Å². The van der Waals surface area contributed by atoms with Gasteiger partial charge in [0.2, 0.25) is 0 Å². The standard InChI is InChI=1S/C14H18BrNO3/c15-10-4-5-13(12(7-10)14(18)19)16-8-9-2-1-3-11(17)6-9/h4-5,7,9,11,16-17H,1-3,6,8H2,(H,18,19). The molecule has 1 aromatic carbocycles. The molecule has 0 bridgehead atoms. The molecule has 0 saturated heterocycles. The zero-order valence-electron chi connectivity index (χ0n) is 10.6. The molecule has 2 unspecified atom stereocenters. The molecule has 0 aliphatic heterocycles. The smallest absolute Gasteiger partial charge is 0.337 e. The van der Waals surface area contributed by atoms with Crippen LogP contribution in [0.3, 0.4) is 0 Å². The van der Waals surface area contributed by atoms with E-state index in [0.29, 0.717) is 18.2 Å². The number of hydrogen-bond acceptors (Lipinski definition) is 3. The van der Waals surface area contributed by atoms with Gasteiger partial charge in [0.15, 0.2) is 0 Å². The second-order valence-corrected chi connectivity index (χ2v) is 5.98. The van der Waals surface area contributed by atoms with E-state index in [0.717, 1.165) is 30.2 Å². The zero-order valence-corrected chi connectivity index (χ0v) is 12.2. The van der Waals surface area contributed by atoms with Crippen molar-refractivity contribution in [2.45, 2.75) is 31.8 Å². The largest absolute Gasteiger partial charge is 0.478 e. The van der Waals surface area contributed by atoms with E-state index in [1.165, 1.54) is 0 Å². The van der Waals surface area contributed by atoms with Gasteiger partial charge in [0.1, 0.15) is 0 Å². The Bertz CT molecular complexity index is 464. The minimum atomic E-state index is -0.938. The summed E-state index contributed by atoms with van der Waals surface area (Å²) in [6.07, 6.45) is 3.61. The summed E-state index contributed by atoms with van der Waals surface area (Å²) in [5.74, 6) is -0.526. The van der Waals surface area contributed by atoms with Gasteiger partial charge in [-0.2, -0.15) is 0 Å². The molecule has 4 nitrogen and oxygen atoms in total. The molecule has 0 radical (unpaired) electrons. The molecule has 1 fully saturated rings. The predicted molar refractivity (Wildman–Crippen MR) is 77.6 cm³/mol. The van der Waals surface area contributed by atoms with Crippen molar-refractivity contribution >= 4 is 27.6 Å². The van der Waals surface area contributed by atoms with E-state index in [1.807, 2.05) is 6.07 Å². The van der Waals surface area contributed by atoms with Gasteiger partial charge < -0.3 is 15.5 Å². The lowest BCUT2D eigenvalue weighted by Gasteiger charge is -2.26. The molecule has 2 atom stereocenters. The molecule has 3 N–H and O–H groups in total. The van der Waals surface area contributed by atoms with Gasteiger partial charge in [-0.15, -0.1) is 0 Å². The average Bonchev–Trinajstić information content (AvgIpc) is 2.37. The number of carboxylic acids is 1. The first-order valence-electron chi connectivity index (χ1n) is 6.51. The Kier molecular flexibility index (Phi) is 4.82. The van der Waals surface area contributed by atoms with Crippen LogP contribution in [0.4, 0.5) is 5.69 Å². The summed E-state index contributed by atoms with van der Waals surface area (Å²) < 4.78 is 0.753. The van der Waals surface area contributed by atoms with Crippen LogP contribution in [0.25, 0.3) is 0 Å². The molecule has 1 aromatic rings. The first-order valence-corrected chi connectivity index (χ1v) is 7.30. The van der Waals surface area contributed by atoms with E-state index < -0.39 is 5.97 Å². The van der Waals surface area contributed by atoms with Gasteiger partial charge in [-0.25, -0.2) is 4.79 Å². The summed E-state index contributed by atoms with van der Waals surface area (Å²) in [4.78, 5) is 11.2. The van der Waals surface area contributed by atoms with Gasteiger partial charge in [-0.1, -0.05) is 22.4 Å². The molecule has 0 aromatic heterocycles. The lowest BCUT2D eigenvalue weighted by Crippen LogP contribution is -2.25. The van der Waals surface area contributed by atoms with Gasteiger partial charge in [0.05, 0.1) is 11.7 Å². The highest BCUT2D eigenvalue weighted by molar-refractivity contribution is 9.10. The molecule has 5 heteroatoms. The quantitative estimate of drug-likeness (QED) is 0.794. The van der Waals surface area contributed by atoms with Gasteiger partial charge in [-0.05, 0) is 43.4 Å². The maximum absolute atomic E-state index is 11.2. The molecule has 19 heavy (non-hydrogen) atoms. The van der Waals surface area contributed by atoms with Gasteiger partial charge in [0, 0.05) is 16.7 Å². The third-order valence-electron chi connectivity index (χ3n) is 3.55. The number of hydrogen-bond donors (Lipinski definition) is 3. The minimum absolute atomic E-state index is 0.204. The summed E-state index contributed by atoms with van der Waals surface area (Å²) in [5.41, 5.74) is 0.904. The molecule has 1 aliphatic carbocycles. The van der Waals surface area contributed by atoms with Crippen LogP contribution in [-0.2, 0) is 0 Å². The summed E-state index contributed by atoms with van der Waals surface area (Å²) in [6.45, 7) is 0.707. The van der Waals surface area contributed by atoms with Crippen LogP contribution in [0.2, 0.25) is 0 Å². The first kappa shape index (κ1) is 14.3. The highest BCUT2D eigenvalue weighted by Gasteiger charge is 2.20. The number of carboxylic acid groups (broad SMARTS) is 1. The van der Waals surface area contributed by atoms with Crippen LogP contribution in [-0.4, -0.2) is 28.8 Å². The third kappa shape index (κ3) is 3.94. The monoisotopic (exact) mass is 327 g/mol. The average molecular weight is 328 g/mol. The van der Waals surface area contributed by atoms with E-state index >= 15 is 0 Å². The number of carbonyl (C=O) groups is 1. The van der Waals surface area contributed by atoms with Crippen LogP contribution in [0.15, 0.2) is 22.7 Å². The summed E-state index contributed by atoms with van der Waals surface area (Å²) in [5, 5.41) is 22.0. The van der Waals surface area contributed by atoms with Gasteiger partial charge in [-0.3, -0.25) is 0 Å². The number of nitrogens with one attached hydrogen (secondary N) is 1. The van der Waals surface area contributed by atoms with Crippen molar-refractivity contribution in [1.82, 2.24) is 0 Å². The van der Waals surface area contributed by atoms with Crippen LogP contribution >= 0.6 is 15.9 Å². The molecule has 1 saturated carbocycles. The van der Waals surface area contributed by atoms with E-state index in [9.17, 15) is 9.90 Å². The van der Waals surface area contributed by atoms with Crippen LogP contribution in [0.1, 0.15) is 36.0 Å². The number of aliphatic hydroxyl groups excluding tert-OH is 1. The number of rotatable bonds is 4. The number of aromatic carboxylic acids is 1. The Balaban J connectivity index is 2.01. The summed E-state index contributed by atoms with van der Waals surface area (Å²) in [6, 6.07) is 5.19. The van der Waals surface area contributed by atoms with E-state index in [2.05, 4.69) is 21.2 Å². The SMILES string of the molecule is O=C(O)c1cc(Br)ccc1NCC1CCCC(O)C1. The lowest BCUT2D eigenvalue weighted by molar-refractivity contribution is 0.0697. The predicted octanol–water partition coefficient (Wildman–Crippen LogP) is 3.11. The van der Waals surface area contributed by atoms with Gasteiger partial charge in [0.25, 0.3) is 0 Å². The molecular weight excluding hydrogens is 310 g/mol. The van der Waals surface area contributed by atoms with Gasteiger partial charge >= 0.3 is 5.97 Å². The highest BCUT2D eigenvalue weighted by atomic mass is 79.9. The third-order valence-corrected chi connectivity index (χ3v) is 4.04. The maximum Gasteiger partial charge on any atom is 0.337 e. The van der Waals surface area contributed by atoms with Crippen molar-refractivity contribution in [3.63, 3.8) is 0 Å². The number of aliphatic hydroxyl groups is 1. The Hall–Kier alpha value is -1.07. The molecule has 1 aliphatic rings. The van der Waals surface area contributed by atoms with E-state index in [1.54, 1.807) is 12.1 Å². The van der Waals surface area contributed by atoms with E-state index in [-0.39, 0.29) is 11.7 Å². The molecule has 0 amide bonds. The van der Waals surface area contributed by atoms with Crippen LogP contribution in [0.5, 0.6) is 0 Å². The van der Waals surface area contributed by atoms with Crippen LogP contribution < -0.4 is 5.32 Å². The number of halogens is 1. The summed E-state index contributed by atoms with van der Waals surface area (Å²) >= 11 is 3.28. The first-order chi connectivity index (χ1) is 9.06. The second-order valence-electron chi connectivity index (χ2n) is 5.06. The molecule has 104 valence electrons. The highest BCUT2D eigenvalue weighted by Crippen LogP contribution is 2.26. The zero-order chi connectivity index (χ0) is 13.8. The summed E-state index contributed by atoms with van der Waals surface area (Å²) in [7, 11) is 0. The fraction of sp³-hybridized carbons (Fsp3) is 0.500. The van der Waals surface area contributed by atoms with Crippen molar-refractivity contribution in [3.05, 3.63) is 28.2 Å². The van der Waals surface area contributed by atoms with Crippen molar-refractivity contribution < 1.29 is 15.0 Å². The van der Waals surface area contributed by atoms with Crippen molar-refractivity contribution in [1.29, 1.82) is 0 Å².